The number of nitrogens with one attached hydrogen (secondary N) is 2. The summed E-state index contributed by atoms with van der Waals surface area (Å²) in [7, 11) is 1.63. The SMILES string of the molecule is COC1CCOC(C(=O)NC(C#N)Cc2ccc(-c3ccc(C#N)cc3)cc2F)CNC1. The van der Waals surface area contributed by atoms with Gasteiger partial charge in [-0.25, -0.2) is 4.39 Å². The number of hydrogen-bond donors (Lipinski definition) is 2. The molecule has 32 heavy (non-hydrogen) atoms. The number of nitriles is 2. The summed E-state index contributed by atoms with van der Waals surface area (Å²) >= 11 is 0. The van der Waals surface area contributed by atoms with Crippen LogP contribution in [0.3, 0.4) is 0 Å². The second-order valence-corrected chi connectivity index (χ2v) is 7.55. The Bertz CT molecular complexity index is 1000. The van der Waals surface area contributed by atoms with Crippen molar-refractivity contribution >= 4 is 5.91 Å². The molecule has 1 saturated heterocycles. The molecule has 0 aromatic heterocycles. The molecule has 1 aliphatic heterocycles. The van der Waals surface area contributed by atoms with Gasteiger partial charge < -0.3 is 20.1 Å². The molecule has 8 heteroatoms. The fourth-order valence-corrected chi connectivity index (χ4v) is 3.49. The molecule has 2 aromatic rings. The van der Waals surface area contributed by atoms with Crippen LogP contribution in [0.5, 0.6) is 0 Å². The topological polar surface area (TPSA) is 107 Å². The van der Waals surface area contributed by atoms with E-state index in [4.69, 9.17) is 14.7 Å². The molecule has 0 radical (unpaired) electrons. The molecule has 3 atom stereocenters. The standard InChI is InChI=1S/C24H25FN4O3/c1-31-21-8-9-32-23(15-28-14-21)24(30)29-20(13-27)10-19-7-6-18(11-22(19)25)17-4-2-16(12-26)3-5-17/h2-7,11,20-21,23,28H,8-10,14-15H2,1H3,(H,29,30). The first-order chi connectivity index (χ1) is 15.5. The third-order valence-corrected chi connectivity index (χ3v) is 5.38. The Morgan fingerprint density at radius 2 is 2.00 bits per heavy atom. The van der Waals surface area contributed by atoms with Gasteiger partial charge in [0.25, 0.3) is 5.91 Å². The number of nitrogens with zero attached hydrogens (tertiary/aromatic N) is 2. The number of hydrogen-bond acceptors (Lipinski definition) is 6. The van der Waals surface area contributed by atoms with Crippen molar-refractivity contribution in [3.63, 3.8) is 0 Å². The molecule has 3 unspecified atom stereocenters. The summed E-state index contributed by atoms with van der Waals surface area (Å²) in [6, 6.07) is 14.8. The average molecular weight is 436 g/mol. The minimum absolute atomic E-state index is 0.0288. The first-order valence-electron chi connectivity index (χ1n) is 10.4. The number of carbonyl (C=O) groups excluding carboxylic acids is 1. The van der Waals surface area contributed by atoms with Crippen molar-refractivity contribution in [3.05, 3.63) is 59.4 Å². The second-order valence-electron chi connectivity index (χ2n) is 7.55. The van der Waals surface area contributed by atoms with E-state index in [1.165, 1.54) is 6.07 Å². The first-order valence-corrected chi connectivity index (χ1v) is 10.4. The van der Waals surface area contributed by atoms with Crippen LogP contribution in [0.1, 0.15) is 17.5 Å². The number of carbonyl (C=O) groups is 1. The number of ether oxygens (including phenoxy) is 2. The number of benzene rings is 2. The second kappa shape index (κ2) is 11.4. The molecule has 2 N–H and O–H groups in total. The molecule has 2 aromatic carbocycles. The van der Waals surface area contributed by atoms with Gasteiger partial charge >= 0.3 is 0 Å². The molecule has 166 valence electrons. The van der Waals surface area contributed by atoms with Crippen molar-refractivity contribution in [2.75, 3.05) is 26.8 Å². The first kappa shape index (κ1) is 23.4. The van der Waals surface area contributed by atoms with E-state index < -0.39 is 23.9 Å². The third-order valence-electron chi connectivity index (χ3n) is 5.38. The monoisotopic (exact) mass is 436 g/mol. The predicted octanol–water partition coefficient (Wildman–Crippen LogP) is 2.31. The normalized spacial score (nSPS) is 19.6. The minimum Gasteiger partial charge on any atom is -0.380 e. The number of rotatable bonds is 6. The Balaban J connectivity index is 1.61. The van der Waals surface area contributed by atoms with Crippen LogP contribution in [0, 0.1) is 28.5 Å². The van der Waals surface area contributed by atoms with Gasteiger partial charge in [0.2, 0.25) is 0 Å². The van der Waals surface area contributed by atoms with E-state index in [1.807, 2.05) is 12.1 Å². The van der Waals surface area contributed by atoms with Crippen molar-refractivity contribution in [1.82, 2.24) is 10.6 Å². The summed E-state index contributed by atoms with van der Waals surface area (Å²) < 4.78 is 25.6. The lowest BCUT2D eigenvalue weighted by Gasteiger charge is -2.25. The van der Waals surface area contributed by atoms with E-state index in [1.54, 1.807) is 43.5 Å². The molecule has 7 nitrogen and oxygen atoms in total. The fraction of sp³-hybridized carbons (Fsp3) is 0.375. The maximum Gasteiger partial charge on any atom is 0.251 e. The molecule has 1 heterocycles. The van der Waals surface area contributed by atoms with Crippen molar-refractivity contribution in [2.24, 2.45) is 0 Å². The van der Waals surface area contributed by atoms with E-state index in [0.29, 0.717) is 42.8 Å². The van der Waals surface area contributed by atoms with E-state index >= 15 is 0 Å². The smallest absolute Gasteiger partial charge is 0.251 e. The highest BCUT2D eigenvalue weighted by Gasteiger charge is 2.25. The summed E-state index contributed by atoms with van der Waals surface area (Å²) in [6.45, 7) is 1.29. The molecule has 0 bridgehead atoms. The molecule has 1 amide bonds. The van der Waals surface area contributed by atoms with Crippen LogP contribution >= 0.6 is 0 Å². The zero-order valence-corrected chi connectivity index (χ0v) is 17.8. The van der Waals surface area contributed by atoms with Gasteiger partial charge in [0.1, 0.15) is 18.0 Å². The highest BCUT2D eigenvalue weighted by Crippen LogP contribution is 2.23. The number of amides is 1. The summed E-state index contributed by atoms with van der Waals surface area (Å²) in [6.07, 6.45) is -0.00677. The number of methoxy groups -OCH3 is 1. The van der Waals surface area contributed by atoms with Gasteiger partial charge in [0.15, 0.2) is 0 Å². The van der Waals surface area contributed by atoms with Gasteiger partial charge in [-0.3, -0.25) is 4.79 Å². The molecule has 0 aliphatic carbocycles. The van der Waals surface area contributed by atoms with Crippen LogP contribution in [-0.2, 0) is 20.7 Å². The Kier molecular flexibility index (Phi) is 8.29. The molecular formula is C24H25FN4O3. The van der Waals surface area contributed by atoms with Gasteiger partial charge in [-0.1, -0.05) is 24.3 Å². The highest BCUT2D eigenvalue weighted by atomic mass is 19.1. The zero-order valence-electron chi connectivity index (χ0n) is 17.8. The van der Waals surface area contributed by atoms with E-state index in [-0.39, 0.29) is 12.5 Å². The summed E-state index contributed by atoms with van der Waals surface area (Å²) in [5.74, 6) is -0.870. The average Bonchev–Trinajstić information content (AvgIpc) is 2.79. The van der Waals surface area contributed by atoms with E-state index in [0.717, 1.165) is 5.56 Å². The van der Waals surface area contributed by atoms with Crippen molar-refractivity contribution < 1.29 is 18.7 Å². The van der Waals surface area contributed by atoms with Gasteiger partial charge in [-0.05, 0) is 41.3 Å². The van der Waals surface area contributed by atoms with E-state index in [9.17, 15) is 14.4 Å². The van der Waals surface area contributed by atoms with Crippen molar-refractivity contribution in [1.29, 1.82) is 10.5 Å². The molecule has 1 aliphatic rings. The number of halogens is 1. The quantitative estimate of drug-likeness (QED) is 0.720. The molecule has 0 spiro atoms. The van der Waals surface area contributed by atoms with Gasteiger partial charge in [-0.15, -0.1) is 0 Å². The lowest BCUT2D eigenvalue weighted by Crippen LogP contribution is -2.49. The maximum absolute atomic E-state index is 14.7. The summed E-state index contributed by atoms with van der Waals surface area (Å²) in [4.78, 5) is 12.6. The fourth-order valence-electron chi connectivity index (χ4n) is 3.49. The van der Waals surface area contributed by atoms with Crippen LogP contribution in [0.4, 0.5) is 4.39 Å². The van der Waals surface area contributed by atoms with Crippen LogP contribution < -0.4 is 10.6 Å². The molecule has 0 saturated carbocycles. The molecular weight excluding hydrogens is 411 g/mol. The van der Waals surface area contributed by atoms with Crippen LogP contribution in [0.2, 0.25) is 0 Å². The maximum atomic E-state index is 14.7. The lowest BCUT2D eigenvalue weighted by atomic mass is 9.99. The van der Waals surface area contributed by atoms with Gasteiger partial charge in [0.05, 0.1) is 30.4 Å². The zero-order chi connectivity index (χ0) is 22.9. The van der Waals surface area contributed by atoms with Crippen molar-refractivity contribution in [2.45, 2.75) is 31.1 Å². The lowest BCUT2D eigenvalue weighted by molar-refractivity contribution is -0.134. The van der Waals surface area contributed by atoms with Gasteiger partial charge in [0, 0.05) is 26.6 Å². The Morgan fingerprint density at radius 1 is 1.25 bits per heavy atom. The van der Waals surface area contributed by atoms with Gasteiger partial charge in [-0.2, -0.15) is 10.5 Å². The third kappa shape index (κ3) is 6.12. The molecule has 3 rings (SSSR count). The largest absolute Gasteiger partial charge is 0.380 e. The predicted molar refractivity (Wildman–Crippen MR) is 116 cm³/mol. The van der Waals surface area contributed by atoms with E-state index in [2.05, 4.69) is 10.6 Å². The molecule has 1 fully saturated rings. The summed E-state index contributed by atoms with van der Waals surface area (Å²) in [5, 5.41) is 24.2. The van der Waals surface area contributed by atoms with Crippen LogP contribution in [0.25, 0.3) is 11.1 Å². The highest BCUT2D eigenvalue weighted by molar-refractivity contribution is 5.81. The van der Waals surface area contributed by atoms with Crippen molar-refractivity contribution in [3.8, 4) is 23.3 Å². The Labute approximate surface area is 186 Å². The summed E-state index contributed by atoms with van der Waals surface area (Å²) in [5.41, 5.74) is 2.30. The minimum atomic E-state index is -0.890. The van der Waals surface area contributed by atoms with Crippen LogP contribution in [-0.4, -0.2) is 51.0 Å². The van der Waals surface area contributed by atoms with Crippen LogP contribution in [0.15, 0.2) is 42.5 Å². The Hall–Kier alpha value is -3.30. The Morgan fingerprint density at radius 3 is 2.66 bits per heavy atom.